The molecule has 3 aromatic rings. The van der Waals surface area contributed by atoms with Crippen molar-refractivity contribution in [2.45, 2.75) is 25.7 Å². The highest BCUT2D eigenvalue weighted by Crippen LogP contribution is 2.43. The summed E-state index contributed by atoms with van der Waals surface area (Å²) in [5, 5.41) is 10.7. The Labute approximate surface area is 226 Å². The van der Waals surface area contributed by atoms with E-state index in [0.717, 1.165) is 77.9 Å². The molecule has 0 bridgehead atoms. The zero-order valence-electron chi connectivity index (χ0n) is 20.4. The molecule has 1 N–H and O–H groups in total. The highest BCUT2D eigenvalue weighted by molar-refractivity contribution is 6.36. The lowest BCUT2D eigenvalue weighted by Crippen LogP contribution is -2.20. The minimum absolute atomic E-state index is 0.267. The van der Waals surface area contributed by atoms with Crippen LogP contribution in [0.15, 0.2) is 66.2 Å². The molecule has 0 saturated carbocycles. The maximum atomic E-state index is 12.5. The molecule has 1 fully saturated rings. The van der Waals surface area contributed by atoms with E-state index in [9.17, 15) is 14.3 Å². The Morgan fingerprint density at radius 1 is 0.973 bits per heavy atom. The predicted octanol–water partition coefficient (Wildman–Crippen LogP) is 8.05. The molecule has 5 rings (SSSR count). The summed E-state index contributed by atoms with van der Waals surface area (Å²) in [7, 11) is 0. The van der Waals surface area contributed by atoms with Gasteiger partial charge in [-0.2, -0.15) is 0 Å². The van der Waals surface area contributed by atoms with Crippen LogP contribution in [0.4, 0.5) is 4.39 Å². The Morgan fingerprint density at radius 2 is 1.76 bits per heavy atom. The normalized spacial score (nSPS) is 16.9. The van der Waals surface area contributed by atoms with Crippen LogP contribution in [0.1, 0.15) is 57.4 Å². The van der Waals surface area contributed by atoms with E-state index < -0.39 is 5.97 Å². The average molecular weight is 536 g/mol. The summed E-state index contributed by atoms with van der Waals surface area (Å²) in [5.74, 6) is -0.924. The molecule has 37 heavy (non-hydrogen) atoms. The molecule has 0 amide bonds. The first-order valence-electron chi connectivity index (χ1n) is 12.6. The molecule has 1 aliphatic carbocycles. The van der Waals surface area contributed by atoms with Crippen LogP contribution in [0.25, 0.3) is 17.2 Å². The second-order valence-electron chi connectivity index (χ2n) is 9.65. The fourth-order valence-electron chi connectivity index (χ4n) is 5.38. The average Bonchev–Trinajstić information content (AvgIpc) is 3.34. The third-order valence-corrected chi connectivity index (χ3v) is 7.73. The van der Waals surface area contributed by atoms with Gasteiger partial charge in [0.05, 0.1) is 12.2 Å². The van der Waals surface area contributed by atoms with E-state index in [-0.39, 0.29) is 6.67 Å². The minimum atomic E-state index is -0.924. The van der Waals surface area contributed by atoms with E-state index in [1.165, 1.54) is 5.57 Å². The summed E-state index contributed by atoms with van der Waals surface area (Å²) in [5.41, 5.74) is 9.05. The molecule has 2 aliphatic rings. The zero-order chi connectivity index (χ0) is 25.9. The summed E-state index contributed by atoms with van der Waals surface area (Å²) in [4.78, 5) is 13.9. The summed E-state index contributed by atoms with van der Waals surface area (Å²) >= 11 is 12.8. The highest BCUT2D eigenvalue weighted by atomic mass is 35.5. The van der Waals surface area contributed by atoms with E-state index in [1.54, 1.807) is 18.2 Å². The second kappa shape index (κ2) is 11.2. The summed E-state index contributed by atoms with van der Waals surface area (Å²) in [6, 6.07) is 19.4. The SMILES string of the molecule is O=C(O)c1ccc2c(c1)CCC(c1ccc(Cl)cc1Cl)=C2c1ccc(/C=C2/CCN(CCCF)C2)cc1. The van der Waals surface area contributed by atoms with E-state index >= 15 is 0 Å². The molecule has 6 heteroatoms. The molecule has 1 heterocycles. The topological polar surface area (TPSA) is 40.5 Å². The molecule has 1 saturated heterocycles. The van der Waals surface area contributed by atoms with Crippen LogP contribution in [0.5, 0.6) is 0 Å². The smallest absolute Gasteiger partial charge is 0.335 e. The summed E-state index contributed by atoms with van der Waals surface area (Å²) < 4.78 is 12.5. The number of carboxylic acids is 1. The Bertz CT molecular complexity index is 1390. The molecule has 3 aromatic carbocycles. The van der Waals surface area contributed by atoms with Crippen molar-refractivity contribution in [2.24, 2.45) is 0 Å². The van der Waals surface area contributed by atoms with Crippen molar-refractivity contribution in [1.29, 1.82) is 0 Å². The van der Waals surface area contributed by atoms with Crippen LogP contribution in [0.3, 0.4) is 0 Å². The van der Waals surface area contributed by atoms with Crippen molar-refractivity contribution in [3.63, 3.8) is 0 Å². The van der Waals surface area contributed by atoms with Gasteiger partial charge in [-0.05, 0) is 88.9 Å². The molecule has 0 radical (unpaired) electrons. The van der Waals surface area contributed by atoms with Crippen molar-refractivity contribution >= 4 is 46.4 Å². The first-order chi connectivity index (χ1) is 17.9. The number of aryl methyl sites for hydroxylation is 1. The van der Waals surface area contributed by atoms with E-state index in [1.807, 2.05) is 18.2 Å². The predicted molar refractivity (Wildman–Crippen MR) is 150 cm³/mol. The lowest BCUT2D eigenvalue weighted by atomic mass is 9.79. The van der Waals surface area contributed by atoms with Crippen LogP contribution in [0, 0.1) is 0 Å². The number of alkyl halides is 1. The maximum Gasteiger partial charge on any atom is 0.335 e. The molecule has 3 nitrogen and oxygen atoms in total. The van der Waals surface area contributed by atoms with Gasteiger partial charge in [-0.1, -0.05) is 71.2 Å². The standard InChI is InChI=1S/C31H28Cl2FNO2/c32-25-8-11-27(29(33)18-25)28-10-6-23-17-24(31(36)37)7-9-26(23)30(28)22-4-2-20(3-5-22)16-21-12-15-35(19-21)14-1-13-34/h2-5,7-9,11,16-18H,1,6,10,12-15,19H2,(H,36,37)/b21-16-. The molecule has 190 valence electrons. The van der Waals surface area contributed by atoms with Crippen molar-refractivity contribution < 1.29 is 14.3 Å². The molecular formula is C31H28Cl2FNO2. The van der Waals surface area contributed by atoms with E-state index in [0.29, 0.717) is 22.0 Å². The number of carbonyl (C=O) groups is 1. The summed E-state index contributed by atoms with van der Waals surface area (Å²) in [6.45, 7) is 2.42. The fraction of sp³-hybridized carbons (Fsp3) is 0.258. The number of fused-ring (bicyclic) bond motifs is 1. The van der Waals surface area contributed by atoms with Crippen molar-refractivity contribution in [2.75, 3.05) is 26.3 Å². The zero-order valence-corrected chi connectivity index (χ0v) is 22.0. The van der Waals surface area contributed by atoms with E-state index in [2.05, 4.69) is 35.2 Å². The number of halogens is 3. The van der Waals surface area contributed by atoms with Crippen molar-refractivity contribution in [1.82, 2.24) is 4.90 Å². The van der Waals surface area contributed by atoms with Crippen LogP contribution in [-0.2, 0) is 6.42 Å². The monoisotopic (exact) mass is 535 g/mol. The van der Waals surface area contributed by atoms with Gasteiger partial charge in [-0.25, -0.2) is 4.79 Å². The number of hydrogen-bond acceptors (Lipinski definition) is 2. The molecule has 1 aliphatic heterocycles. The van der Waals surface area contributed by atoms with Gasteiger partial charge in [0.15, 0.2) is 0 Å². The number of nitrogens with zero attached hydrogens (tertiary/aromatic N) is 1. The van der Waals surface area contributed by atoms with Crippen LogP contribution < -0.4 is 0 Å². The van der Waals surface area contributed by atoms with Gasteiger partial charge in [0, 0.05) is 29.7 Å². The first-order valence-corrected chi connectivity index (χ1v) is 13.3. The maximum absolute atomic E-state index is 12.5. The molecular weight excluding hydrogens is 508 g/mol. The van der Waals surface area contributed by atoms with E-state index in [4.69, 9.17) is 23.2 Å². The number of benzene rings is 3. The number of hydrogen-bond donors (Lipinski definition) is 1. The third kappa shape index (κ3) is 5.67. The molecule has 0 spiro atoms. The molecule has 0 aromatic heterocycles. The number of carboxylic acid groups (broad SMARTS) is 1. The number of likely N-dealkylation sites (tertiary alicyclic amines) is 1. The minimum Gasteiger partial charge on any atom is -0.478 e. The quantitative estimate of drug-likeness (QED) is 0.332. The van der Waals surface area contributed by atoms with Gasteiger partial charge in [0.25, 0.3) is 0 Å². The highest BCUT2D eigenvalue weighted by Gasteiger charge is 2.24. The van der Waals surface area contributed by atoms with Gasteiger partial charge in [0.1, 0.15) is 0 Å². The number of allylic oxidation sites excluding steroid dienone is 1. The van der Waals surface area contributed by atoms with Gasteiger partial charge >= 0.3 is 5.97 Å². The number of aromatic carboxylic acids is 1. The lowest BCUT2D eigenvalue weighted by Gasteiger charge is -2.25. The lowest BCUT2D eigenvalue weighted by molar-refractivity contribution is 0.0696. The summed E-state index contributed by atoms with van der Waals surface area (Å²) in [6.07, 6.45) is 5.31. The van der Waals surface area contributed by atoms with Crippen LogP contribution in [-0.4, -0.2) is 42.3 Å². The van der Waals surface area contributed by atoms with Crippen LogP contribution in [0.2, 0.25) is 10.0 Å². The largest absolute Gasteiger partial charge is 0.478 e. The number of rotatable bonds is 7. The first kappa shape index (κ1) is 25.7. The Kier molecular flexibility index (Phi) is 7.80. The van der Waals surface area contributed by atoms with Crippen molar-refractivity contribution in [3.8, 4) is 0 Å². The Morgan fingerprint density at radius 3 is 2.49 bits per heavy atom. The molecule has 0 atom stereocenters. The third-order valence-electron chi connectivity index (χ3n) is 7.18. The van der Waals surface area contributed by atoms with Crippen LogP contribution >= 0.6 is 23.2 Å². The van der Waals surface area contributed by atoms with Crippen molar-refractivity contribution in [3.05, 3.63) is 110 Å². The Hall–Kier alpha value is -2.92. The van der Waals surface area contributed by atoms with Gasteiger partial charge in [0.2, 0.25) is 0 Å². The van der Waals surface area contributed by atoms with Gasteiger partial charge in [-0.3, -0.25) is 9.29 Å². The van der Waals surface area contributed by atoms with Gasteiger partial charge < -0.3 is 5.11 Å². The fourth-order valence-corrected chi connectivity index (χ4v) is 5.90. The van der Waals surface area contributed by atoms with Gasteiger partial charge in [-0.15, -0.1) is 0 Å². The Balaban J connectivity index is 1.53. The second-order valence-corrected chi connectivity index (χ2v) is 10.5. The molecule has 0 unspecified atom stereocenters.